The number of ether oxygens (including phenoxy) is 1. The summed E-state index contributed by atoms with van der Waals surface area (Å²) in [5, 5.41) is 0. The fraction of sp³-hybridized carbons (Fsp3) is 0.611. The van der Waals surface area contributed by atoms with Crippen LogP contribution >= 0.6 is 0 Å². The zero-order valence-corrected chi connectivity index (χ0v) is 15.6. The van der Waals surface area contributed by atoms with Crippen LogP contribution in [0.3, 0.4) is 0 Å². The maximum atomic E-state index is 13.3. The summed E-state index contributed by atoms with van der Waals surface area (Å²) in [5.74, 6) is -0.0513. The Hall–Kier alpha value is -1.51. The van der Waals surface area contributed by atoms with E-state index in [1.807, 2.05) is 4.90 Å². The van der Waals surface area contributed by atoms with Crippen LogP contribution in [0.2, 0.25) is 0 Å². The molecular weight excluding hydrogens is 359 g/mol. The first-order valence-corrected chi connectivity index (χ1v) is 10.5. The van der Waals surface area contributed by atoms with Crippen molar-refractivity contribution >= 4 is 15.9 Å². The van der Waals surface area contributed by atoms with Gasteiger partial charge in [-0.25, -0.2) is 12.8 Å². The third-order valence-electron chi connectivity index (χ3n) is 5.14. The minimum atomic E-state index is -3.65. The smallest absolute Gasteiger partial charge is 0.243 e. The van der Waals surface area contributed by atoms with Crippen LogP contribution in [0.15, 0.2) is 29.2 Å². The van der Waals surface area contributed by atoms with Crippen molar-refractivity contribution < 1.29 is 22.3 Å². The number of hydrogen-bond acceptors (Lipinski definition) is 4. The maximum absolute atomic E-state index is 13.3. The number of carbonyl (C=O) groups excluding carboxylic acids is 1. The number of halogens is 1. The minimum Gasteiger partial charge on any atom is -0.378 e. The lowest BCUT2D eigenvalue weighted by atomic mass is 9.93. The molecule has 0 spiro atoms. The van der Waals surface area contributed by atoms with Crippen LogP contribution in [0, 0.1) is 11.7 Å². The molecule has 0 aromatic heterocycles. The Morgan fingerprint density at radius 2 is 1.85 bits per heavy atom. The first-order valence-electron chi connectivity index (χ1n) is 9.08. The summed E-state index contributed by atoms with van der Waals surface area (Å²) in [5.41, 5.74) is 0. The average Bonchev–Trinajstić information content (AvgIpc) is 2.67. The minimum absolute atomic E-state index is 0.00144. The van der Waals surface area contributed by atoms with Gasteiger partial charge in [0.2, 0.25) is 15.9 Å². The Morgan fingerprint density at radius 1 is 1.15 bits per heavy atom. The number of rotatable bonds is 5. The zero-order valence-electron chi connectivity index (χ0n) is 14.8. The predicted molar refractivity (Wildman–Crippen MR) is 94.5 cm³/mol. The van der Waals surface area contributed by atoms with E-state index in [4.69, 9.17) is 4.74 Å². The molecule has 6 nitrogen and oxygen atoms in total. The lowest BCUT2D eigenvalue weighted by Crippen LogP contribution is -2.41. The fourth-order valence-corrected chi connectivity index (χ4v) is 5.02. The molecule has 0 N–H and O–H groups in total. The van der Waals surface area contributed by atoms with E-state index < -0.39 is 15.8 Å². The van der Waals surface area contributed by atoms with Crippen LogP contribution in [0.5, 0.6) is 0 Å². The number of piperidine rings is 1. The lowest BCUT2D eigenvalue weighted by Gasteiger charge is -2.32. The van der Waals surface area contributed by atoms with Gasteiger partial charge in [0.1, 0.15) is 5.82 Å². The molecule has 26 heavy (non-hydrogen) atoms. The van der Waals surface area contributed by atoms with Crippen molar-refractivity contribution in [2.45, 2.75) is 30.6 Å². The third-order valence-corrected chi connectivity index (χ3v) is 7.03. The first kappa shape index (κ1) is 19.3. The van der Waals surface area contributed by atoms with E-state index >= 15 is 0 Å². The zero-order chi connectivity index (χ0) is 18.6. The van der Waals surface area contributed by atoms with Gasteiger partial charge < -0.3 is 9.64 Å². The molecular formula is C18H25FN2O4S. The van der Waals surface area contributed by atoms with Crippen LogP contribution < -0.4 is 0 Å². The van der Waals surface area contributed by atoms with Crippen molar-refractivity contribution in [1.29, 1.82) is 0 Å². The van der Waals surface area contributed by atoms with Gasteiger partial charge in [-0.05, 0) is 43.4 Å². The van der Waals surface area contributed by atoms with Gasteiger partial charge in [-0.2, -0.15) is 4.31 Å². The molecule has 0 unspecified atom stereocenters. The van der Waals surface area contributed by atoms with E-state index in [9.17, 15) is 17.6 Å². The SMILES string of the molecule is O=C(CCC1CCN(S(=O)(=O)c2cccc(F)c2)CC1)N1CCOCC1. The summed E-state index contributed by atoms with van der Waals surface area (Å²) in [6.45, 7) is 3.33. The Bertz CT molecular complexity index is 726. The highest BCUT2D eigenvalue weighted by atomic mass is 32.2. The molecule has 2 aliphatic heterocycles. The Balaban J connectivity index is 1.48. The van der Waals surface area contributed by atoms with Gasteiger partial charge in [-0.15, -0.1) is 0 Å². The summed E-state index contributed by atoms with van der Waals surface area (Å²) in [7, 11) is -3.65. The number of morpholine rings is 1. The van der Waals surface area contributed by atoms with Gasteiger partial charge >= 0.3 is 0 Å². The molecule has 1 amide bonds. The summed E-state index contributed by atoms with van der Waals surface area (Å²) in [4.78, 5) is 14.0. The lowest BCUT2D eigenvalue weighted by molar-refractivity contribution is -0.135. The predicted octanol–water partition coefficient (Wildman–Crippen LogP) is 1.87. The van der Waals surface area contributed by atoms with Crippen molar-refractivity contribution in [3.63, 3.8) is 0 Å². The molecule has 8 heteroatoms. The molecule has 0 saturated carbocycles. The monoisotopic (exact) mass is 384 g/mol. The highest BCUT2D eigenvalue weighted by Crippen LogP contribution is 2.27. The van der Waals surface area contributed by atoms with E-state index in [1.54, 1.807) is 0 Å². The average molecular weight is 384 g/mol. The van der Waals surface area contributed by atoms with Crippen LogP contribution in [-0.4, -0.2) is 62.9 Å². The third kappa shape index (κ3) is 4.61. The number of carbonyl (C=O) groups is 1. The molecule has 0 atom stereocenters. The maximum Gasteiger partial charge on any atom is 0.243 e. The van der Waals surface area contributed by atoms with Crippen molar-refractivity contribution in [2.24, 2.45) is 5.92 Å². The van der Waals surface area contributed by atoms with Crippen LogP contribution in [0.4, 0.5) is 4.39 Å². The van der Waals surface area contributed by atoms with E-state index in [2.05, 4.69) is 0 Å². The van der Waals surface area contributed by atoms with E-state index in [-0.39, 0.29) is 10.8 Å². The summed E-state index contributed by atoms with van der Waals surface area (Å²) < 4.78 is 45.2. The summed E-state index contributed by atoms with van der Waals surface area (Å²) in [6, 6.07) is 5.12. The number of hydrogen-bond donors (Lipinski definition) is 0. The van der Waals surface area contributed by atoms with Crippen LogP contribution in [-0.2, 0) is 19.6 Å². The highest BCUT2D eigenvalue weighted by Gasteiger charge is 2.30. The molecule has 2 fully saturated rings. The van der Waals surface area contributed by atoms with Crippen molar-refractivity contribution in [3.05, 3.63) is 30.1 Å². The van der Waals surface area contributed by atoms with Crippen molar-refractivity contribution in [1.82, 2.24) is 9.21 Å². The number of benzene rings is 1. The van der Waals surface area contributed by atoms with Gasteiger partial charge in [0.25, 0.3) is 0 Å². The molecule has 3 rings (SSSR count). The summed E-state index contributed by atoms with van der Waals surface area (Å²) >= 11 is 0. The van der Waals surface area contributed by atoms with Crippen LogP contribution in [0.1, 0.15) is 25.7 Å². The number of sulfonamides is 1. The van der Waals surface area contributed by atoms with Crippen molar-refractivity contribution in [3.8, 4) is 0 Å². The fourth-order valence-electron chi connectivity index (χ4n) is 3.51. The molecule has 2 aliphatic rings. The standard InChI is InChI=1S/C18H25FN2O4S/c19-16-2-1-3-17(14-16)26(23,24)21-8-6-15(7-9-21)4-5-18(22)20-10-12-25-13-11-20/h1-3,14-15H,4-13H2. The number of nitrogens with zero attached hydrogens (tertiary/aromatic N) is 2. The van der Waals surface area contributed by atoms with E-state index in [0.717, 1.165) is 25.3 Å². The van der Waals surface area contributed by atoms with E-state index in [0.29, 0.717) is 51.7 Å². The molecule has 1 aromatic rings. The molecule has 1 aromatic carbocycles. The second kappa shape index (κ2) is 8.45. The second-order valence-electron chi connectivity index (χ2n) is 6.84. The quantitative estimate of drug-likeness (QED) is 0.777. The Kier molecular flexibility index (Phi) is 6.26. The molecule has 2 saturated heterocycles. The molecule has 0 radical (unpaired) electrons. The normalized spacial score (nSPS) is 20.3. The van der Waals surface area contributed by atoms with Gasteiger partial charge in [0, 0.05) is 32.6 Å². The summed E-state index contributed by atoms with van der Waals surface area (Å²) in [6.07, 6.45) is 2.74. The molecule has 0 bridgehead atoms. The first-order chi connectivity index (χ1) is 12.5. The highest BCUT2D eigenvalue weighted by molar-refractivity contribution is 7.89. The van der Waals surface area contributed by atoms with E-state index in [1.165, 1.54) is 22.5 Å². The van der Waals surface area contributed by atoms with Gasteiger partial charge in [0.15, 0.2) is 0 Å². The Morgan fingerprint density at radius 3 is 2.50 bits per heavy atom. The largest absolute Gasteiger partial charge is 0.378 e. The van der Waals surface area contributed by atoms with Gasteiger partial charge in [-0.3, -0.25) is 4.79 Å². The van der Waals surface area contributed by atoms with Crippen LogP contribution in [0.25, 0.3) is 0 Å². The van der Waals surface area contributed by atoms with Gasteiger partial charge in [0.05, 0.1) is 18.1 Å². The van der Waals surface area contributed by atoms with Crippen molar-refractivity contribution in [2.75, 3.05) is 39.4 Å². The molecule has 144 valence electrons. The Labute approximate surface area is 154 Å². The van der Waals surface area contributed by atoms with Gasteiger partial charge in [-0.1, -0.05) is 6.07 Å². The molecule has 2 heterocycles. The topological polar surface area (TPSA) is 66.9 Å². The second-order valence-corrected chi connectivity index (χ2v) is 8.77. The molecule has 0 aliphatic carbocycles. The number of amides is 1.